The summed E-state index contributed by atoms with van der Waals surface area (Å²) in [6.07, 6.45) is 1.02. The molecule has 0 saturated carbocycles. The number of carbonyl (C=O) groups is 1. The van der Waals surface area contributed by atoms with E-state index in [4.69, 9.17) is 23.2 Å². The van der Waals surface area contributed by atoms with E-state index in [-0.39, 0.29) is 16.3 Å². The summed E-state index contributed by atoms with van der Waals surface area (Å²) in [4.78, 5) is 12.7. The van der Waals surface area contributed by atoms with E-state index in [2.05, 4.69) is 10.4 Å². The zero-order valence-electron chi connectivity index (χ0n) is 14.8. The molecule has 0 aliphatic rings. The first-order chi connectivity index (χ1) is 13.7. The molecule has 0 fully saturated rings. The van der Waals surface area contributed by atoms with Crippen LogP contribution in [0.4, 0.5) is 23.2 Å². The quantitative estimate of drug-likeness (QED) is 0.395. The number of halogens is 6. The van der Waals surface area contributed by atoms with Crippen LogP contribution in [0.3, 0.4) is 0 Å². The normalized spacial score (nSPS) is 11.6. The summed E-state index contributed by atoms with van der Waals surface area (Å²) in [7, 11) is 1.31. The van der Waals surface area contributed by atoms with Gasteiger partial charge in [-0.3, -0.25) is 9.48 Å². The van der Waals surface area contributed by atoms with Crippen LogP contribution in [0.25, 0.3) is 11.1 Å². The van der Waals surface area contributed by atoms with Crippen molar-refractivity contribution in [2.45, 2.75) is 5.92 Å². The van der Waals surface area contributed by atoms with Crippen LogP contribution in [-0.2, 0) is 13.0 Å². The monoisotopic (exact) mass is 445 g/mol. The number of carbonyl (C=O) groups excluding carboxylic acids is 1. The Labute approximate surface area is 173 Å². The van der Waals surface area contributed by atoms with Gasteiger partial charge in [-0.05, 0) is 11.6 Å². The minimum atomic E-state index is -3.96. The van der Waals surface area contributed by atoms with Crippen molar-refractivity contribution in [1.29, 1.82) is 0 Å². The average molecular weight is 446 g/mol. The number of rotatable bonds is 5. The molecule has 29 heavy (non-hydrogen) atoms. The standard InChI is InChI=1S/C19H13Cl2F4N3O/c1-28-8-12(17(27-28)19(24,25)9-22)18(29)26-16-11(10-5-3-2-4-6-10)7-13(23)14(20)15(16)21/h2-8H,9H2,1H3,(H,26,29). The molecule has 1 heterocycles. The van der Waals surface area contributed by atoms with E-state index in [1.165, 1.54) is 7.05 Å². The van der Waals surface area contributed by atoms with Crippen molar-refractivity contribution in [2.24, 2.45) is 7.05 Å². The van der Waals surface area contributed by atoms with Gasteiger partial charge in [0.2, 0.25) is 0 Å². The third kappa shape index (κ3) is 4.09. The number of alkyl halides is 3. The molecule has 10 heteroatoms. The Morgan fingerprint density at radius 2 is 1.86 bits per heavy atom. The molecule has 0 atom stereocenters. The fourth-order valence-corrected chi connectivity index (χ4v) is 3.12. The second-order valence-electron chi connectivity index (χ2n) is 6.13. The lowest BCUT2D eigenvalue weighted by molar-refractivity contribution is -0.0331. The van der Waals surface area contributed by atoms with Gasteiger partial charge >= 0.3 is 5.92 Å². The van der Waals surface area contributed by atoms with Crippen molar-refractivity contribution >= 4 is 34.8 Å². The summed E-state index contributed by atoms with van der Waals surface area (Å²) in [5, 5.41) is 5.13. The predicted octanol–water partition coefficient (Wildman–Crippen LogP) is 5.85. The van der Waals surface area contributed by atoms with Gasteiger partial charge in [0, 0.05) is 18.8 Å². The second kappa shape index (κ2) is 8.04. The highest BCUT2D eigenvalue weighted by Crippen LogP contribution is 2.41. The van der Waals surface area contributed by atoms with Crippen molar-refractivity contribution in [3.63, 3.8) is 0 Å². The molecule has 4 nitrogen and oxygen atoms in total. The van der Waals surface area contributed by atoms with Crippen molar-refractivity contribution in [3.05, 3.63) is 69.7 Å². The van der Waals surface area contributed by atoms with Gasteiger partial charge in [0.25, 0.3) is 5.91 Å². The van der Waals surface area contributed by atoms with Gasteiger partial charge in [-0.1, -0.05) is 53.5 Å². The van der Waals surface area contributed by atoms with Crippen LogP contribution in [-0.4, -0.2) is 22.4 Å². The van der Waals surface area contributed by atoms with Crippen LogP contribution in [0.5, 0.6) is 0 Å². The van der Waals surface area contributed by atoms with Gasteiger partial charge in [-0.2, -0.15) is 13.9 Å². The second-order valence-corrected chi connectivity index (χ2v) is 6.89. The first-order valence-corrected chi connectivity index (χ1v) is 8.93. The third-order valence-electron chi connectivity index (χ3n) is 4.07. The molecule has 3 aromatic rings. The largest absolute Gasteiger partial charge is 0.320 e. The Kier molecular flexibility index (Phi) is 5.86. The molecule has 3 rings (SSSR count). The maximum absolute atomic E-state index is 14.2. The molecular formula is C19H13Cl2F4N3O. The number of hydrogen-bond acceptors (Lipinski definition) is 2. The van der Waals surface area contributed by atoms with E-state index in [1.54, 1.807) is 30.3 Å². The number of benzene rings is 2. The first kappa shape index (κ1) is 21.1. The zero-order valence-corrected chi connectivity index (χ0v) is 16.3. The van der Waals surface area contributed by atoms with Crippen molar-refractivity contribution in [1.82, 2.24) is 9.78 Å². The molecule has 0 radical (unpaired) electrons. The Hall–Kier alpha value is -2.58. The summed E-state index contributed by atoms with van der Waals surface area (Å²) >= 11 is 12.0. The van der Waals surface area contributed by atoms with Crippen molar-refractivity contribution in [3.8, 4) is 11.1 Å². The average Bonchev–Trinajstić information content (AvgIpc) is 3.11. The minimum Gasteiger partial charge on any atom is -0.320 e. The van der Waals surface area contributed by atoms with Crippen molar-refractivity contribution in [2.75, 3.05) is 12.0 Å². The van der Waals surface area contributed by atoms with Crippen LogP contribution in [0.2, 0.25) is 10.0 Å². The smallest absolute Gasteiger partial charge is 0.320 e. The molecule has 1 aromatic heterocycles. The number of aromatic nitrogens is 2. The highest BCUT2D eigenvalue weighted by molar-refractivity contribution is 6.44. The number of nitrogens with one attached hydrogen (secondary N) is 1. The van der Waals surface area contributed by atoms with E-state index in [0.29, 0.717) is 5.56 Å². The third-order valence-corrected chi connectivity index (χ3v) is 4.92. The van der Waals surface area contributed by atoms with E-state index >= 15 is 0 Å². The number of aryl methyl sites for hydroxylation is 1. The Morgan fingerprint density at radius 1 is 1.21 bits per heavy atom. The molecule has 0 unspecified atom stereocenters. The molecule has 0 spiro atoms. The van der Waals surface area contributed by atoms with E-state index < -0.39 is 40.6 Å². The lowest BCUT2D eigenvalue weighted by atomic mass is 10.0. The van der Waals surface area contributed by atoms with Gasteiger partial charge in [0.15, 0.2) is 6.67 Å². The highest BCUT2D eigenvalue weighted by Gasteiger charge is 2.39. The molecule has 0 bridgehead atoms. The molecule has 0 saturated heterocycles. The molecule has 0 aliphatic heterocycles. The Bertz CT molecular complexity index is 1070. The Morgan fingerprint density at radius 3 is 2.48 bits per heavy atom. The lowest BCUT2D eigenvalue weighted by Gasteiger charge is -2.16. The lowest BCUT2D eigenvalue weighted by Crippen LogP contribution is -2.23. The van der Waals surface area contributed by atoms with Crippen LogP contribution in [0.1, 0.15) is 16.1 Å². The fraction of sp³-hybridized carbons (Fsp3) is 0.158. The molecule has 1 amide bonds. The zero-order chi connectivity index (χ0) is 21.3. The van der Waals surface area contributed by atoms with Crippen LogP contribution in [0, 0.1) is 5.82 Å². The number of anilines is 1. The summed E-state index contributed by atoms with van der Waals surface area (Å²) in [5.74, 6) is -5.80. The highest BCUT2D eigenvalue weighted by atomic mass is 35.5. The van der Waals surface area contributed by atoms with Crippen LogP contribution in [0.15, 0.2) is 42.6 Å². The summed E-state index contributed by atoms with van der Waals surface area (Å²) in [6.45, 7) is -2.03. The topological polar surface area (TPSA) is 46.9 Å². The van der Waals surface area contributed by atoms with E-state index in [9.17, 15) is 22.4 Å². The predicted molar refractivity (Wildman–Crippen MR) is 103 cm³/mol. The van der Waals surface area contributed by atoms with Crippen molar-refractivity contribution < 1.29 is 22.4 Å². The first-order valence-electron chi connectivity index (χ1n) is 8.18. The summed E-state index contributed by atoms with van der Waals surface area (Å²) < 4.78 is 55.6. The van der Waals surface area contributed by atoms with Gasteiger partial charge in [-0.15, -0.1) is 0 Å². The van der Waals surface area contributed by atoms with Gasteiger partial charge < -0.3 is 5.32 Å². The summed E-state index contributed by atoms with van der Waals surface area (Å²) in [6, 6.07) is 9.45. The molecule has 1 N–H and O–H groups in total. The van der Waals surface area contributed by atoms with Gasteiger partial charge in [0.05, 0.1) is 21.3 Å². The maximum Gasteiger partial charge on any atom is 0.320 e. The minimum absolute atomic E-state index is 0.0763. The fourth-order valence-electron chi connectivity index (χ4n) is 2.73. The molecule has 2 aromatic carbocycles. The van der Waals surface area contributed by atoms with Crippen LogP contribution < -0.4 is 5.32 Å². The summed E-state index contributed by atoms with van der Waals surface area (Å²) in [5.41, 5.74) is -0.960. The number of hydrogen-bond donors (Lipinski definition) is 1. The molecular weight excluding hydrogens is 433 g/mol. The number of nitrogens with zero attached hydrogens (tertiary/aromatic N) is 2. The Balaban J connectivity index is 2.10. The van der Waals surface area contributed by atoms with Gasteiger partial charge in [0.1, 0.15) is 11.5 Å². The van der Waals surface area contributed by atoms with E-state index in [0.717, 1.165) is 16.9 Å². The molecule has 152 valence electrons. The maximum atomic E-state index is 14.2. The van der Waals surface area contributed by atoms with Gasteiger partial charge in [-0.25, -0.2) is 8.78 Å². The SMILES string of the molecule is Cn1cc(C(=O)Nc2c(-c3ccccc3)cc(F)c(Cl)c2Cl)c(C(F)(F)CF)n1. The molecule has 0 aliphatic carbocycles. The van der Waals surface area contributed by atoms with Crippen LogP contribution >= 0.6 is 23.2 Å². The number of amides is 1. The van der Waals surface area contributed by atoms with E-state index in [1.807, 2.05) is 0 Å².